The van der Waals surface area contributed by atoms with Crippen molar-refractivity contribution in [1.82, 2.24) is 0 Å². The summed E-state index contributed by atoms with van der Waals surface area (Å²) in [6, 6.07) is 0. The third-order valence-corrected chi connectivity index (χ3v) is 0.516. The Morgan fingerprint density at radius 2 is 2.22 bits per heavy atom. The van der Waals surface area contributed by atoms with E-state index in [9.17, 15) is 4.79 Å². The van der Waals surface area contributed by atoms with Crippen LogP contribution in [0.2, 0.25) is 0 Å². The quantitative estimate of drug-likeness (QED) is 0.246. The maximum absolute atomic E-state index is 9.88. The van der Waals surface area contributed by atoms with Crippen LogP contribution in [0.5, 0.6) is 0 Å². The van der Waals surface area contributed by atoms with Crippen LogP contribution >= 0.6 is 0 Å². The number of carbonyl (C=O) groups excluding carboxylic acids is 1. The number of oxime groups is 1. The van der Waals surface area contributed by atoms with Gasteiger partial charge in [0.05, 0.1) is 0 Å². The number of nitrogens with zero attached hydrogens (tertiary/aromatic N) is 1. The van der Waals surface area contributed by atoms with Crippen molar-refractivity contribution < 1.29 is 9.63 Å². The average molecular weight is 127 g/mol. The summed E-state index contributed by atoms with van der Waals surface area (Å²) in [5.41, 5.74) is 0.304. The summed E-state index contributed by atoms with van der Waals surface area (Å²) in [6.07, 6.45) is 0.614. The lowest BCUT2D eigenvalue weighted by Gasteiger charge is -1.92. The van der Waals surface area contributed by atoms with Crippen molar-refractivity contribution in [1.29, 1.82) is 0 Å². The highest BCUT2D eigenvalue weighted by Crippen LogP contribution is 1.89. The minimum absolute atomic E-state index is 0.304. The molecule has 0 aromatic carbocycles. The smallest absolute Gasteiger partial charge is 0.167 e. The van der Waals surface area contributed by atoms with Crippen LogP contribution in [-0.4, -0.2) is 12.0 Å². The third-order valence-electron chi connectivity index (χ3n) is 0.516. The van der Waals surface area contributed by atoms with Crippen molar-refractivity contribution in [3.63, 3.8) is 0 Å². The van der Waals surface area contributed by atoms with Crippen LogP contribution in [0.15, 0.2) is 17.5 Å². The lowest BCUT2D eigenvalue weighted by molar-refractivity contribution is -0.102. The largest absolute Gasteiger partial charge is 0.362 e. The molecule has 0 heterocycles. The summed E-state index contributed by atoms with van der Waals surface area (Å²) >= 11 is 0. The van der Waals surface area contributed by atoms with Crippen molar-refractivity contribution in [3.05, 3.63) is 12.3 Å². The van der Waals surface area contributed by atoms with Gasteiger partial charge in [0.2, 0.25) is 0 Å². The van der Waals surface area contributed by atoms with Crippen LogP contribution in [-0.2, 0) is 9.63 Å². The first kappa shape index (κ1) is 7.88. The van der Waals surface area contributed by atoms with E-state index in [-0.39, 0.29) is 0 Å². The van der Waals surface area contributed by atoms with E-state index in [0.29, 0.717) is 17.8 Å². The number of aldehydes is 1. The minimum atomic E-state index is 0.304. The molecule has 0 unspecified atom stereocenters. The van der Waals surface area contributed by atoms with E-state index < -0.39 is 0 Å². The van der Waals surface area contributed by atoms with E-state index in [0.717, 1.165) is 0 Å². The van der Waals surface area contributed by atoms with Crippen LogP contribution in [0.3, 0.4) is 0 Å². The van der Waals surface area contributed by atoms with Crippen LogP contribution < -0.4 is 0 Å². The highest BCUT2D eigenvalue weighted by molar-refractivity contribution is 6.26. The van der Waals surface area contributed by atoms with Crippen molar-refractivity contribution in [2.75, 3.05) is 0 Å². The molecule has 0 aliphatic carbocycles. The Bertz CT molecular complexity index is 149. The second-order valence-electron chi connectivity index (χ2n) is 1.64. The molecule has 0 aliphatic rings. The molecule has 0 aliphatic heterocycles. The Kier molecular flexibility index (Phi) is 3.35. The number of rotatable bonds is 3. The van der Waals surface area contributed by atoms with E-state index in [1.165, 1.54) is 0 Å². The number of hydrogen-bond acceptors (Lipinski definition) is 3. The third kappa shape index (κ3) is 4.74. The van der Waals surface area contributed by atoms with Crippen molar-refractivity contribution in [2.45, 2.75) is 13.8 Å². The fraction of sp³-hybridized carbons (Fsp3) is 0.333. The second-order valence-corrected chi connectivity index (χ2v) is 1.64. The minimum Gasteiger partial charge on any atom is -0.362 e. The van der Waals surface area contributed by atoms with Gasteiger partial charge in [-0.3, -0.25) is 4.79 Å². The molecule has 0 radical (unpaired) electrons. The first-order chi connectivity index (χ1) is 4.16. The van der Waals surface area contributed by atoms with E-state index in [1.807, 2.05) is 0 Å². The fourth-order valence-electron chi connectivity index (χ4n) is 0.171. The zero-order chi connectivity index (χ0) is 7.28. The second kappa shape index (κ2) is 3.83. The molecule has 0 spiro atoms. The Hall–Kier alpha value is -1.12. The van der Waals surface area contributed by atoms with E-state index in [2.05, 4.69) is 16.6 Å². The van der Waals surface area contributed by atoms with Crippen LogP contribution in [0.1, 0.15) is 13.8 Å². The van der Waals surface area contributed by atoms with E-state index >= 15 is 0 Å². The summed E-state index contributed by atoms with van der Waals surface area (Å²) in [5, 5.41) is 3.39. The molecule has 0 atom stereocenters. The standard InChI is InChI=1S/C6H9NO2/c1-5(2)9-7-6(3)4-8/h4H,1H2,2-3H3/b7-6+. The molecule has 0 saturated heterocycles. The molecule has 0 amide bonds. The Labute approximate surface area is 54.0 Å². The summed E-state index contributed by atoms with van der Waals surface area (Å²) < 4.78 is 0. The van der Waals surface area contributed by atoms with Gasteiger partial charge in [0, 0.05) is 0 Å². The molecule has 9 heavy (non-hydrogen) atoms. The van der Waals surface area contributed by atoms with Gasteiger partial charge in [-0.05, 0) is 13.8 Å². The molecule has 50 valence electrons. The molecule has 0 aromatic rings. The highest BCUT2D eigenvalue weighted by Gasteiger charge is 1.85. The zero-order valence-corrected chi connectivity index (χ0v) is 5.55. The maximum Gasteiger partial charge on any atom is 0.167 e. The molecule has 0 saturated carbocycles. The van der Waals surface area contributed by atoms with Gasteiger partial charge in [-0.1, -0.05) is 11.7 Å². The predicted molar refractivity (Wildman–Crippen MR) is 35.1 cm³/mol. The van der Waals surface area contributed by atoms with E-state index in [1.54, 1.807) is 13.8 Å². The van der Waals surface area contributed by atoms with Crippen LogP contribution in [0, 0.1) is 0 Å². The van der Waals surface area contributed by atoms with Crippen LogP contribution in [0.25, 0.3) is 0 Å². The van der Waals surface area contributed by atoms with Gasteiger partial charge < -0.3 is 4.84 Å². The number of allylic oxidation sites excluding steroid dienone is 1. The molecule has 0 aromatic heterocycles. The lowest BCUT2D eigenvalue weighted by Crippen LogP contribution is -1.92. The fourth-order valence-corrected chi connectivity index (χ4v) is 0.171. The molecular weight excluding hydrogens is 118 g/mol. The summed E-state index contributed by atoms with van der Waals surface area (Å²) in [7, 11) is 0. The first-order valence-corrected chi connectivity index (χ1v) is 2.49. The molecule has 3 heteroatoms. The molecule has 0 N–H and O–H groups in total. The van der Waals surface area contributed by atoms with Gasteiger partial charge in [0.15, 0.2) is 6.29 Å². The molecule has 3 nitrogen and oxygen atoms in total. The Morgan fingerprint density at radius 1 is 1.67 bits per heavy atom. The van der Waals surface area contributed by atoms with Gasteiger partial charge in [-0.2, -0.15) is 0 Å². The number of hydrogen-bond donors (Lipinski definition) is 0. The molecular formula is C6H9NO2. The Morgan fingerprint density at radius 3 is 2.56 bits per heavy atom. The van der Waals surface area contributed by atoms with Crippen molar-refractivity contribution in [3.8, 4) is 0 Å². The zero-order valence-electron chi connectivity index (χ0n) is 5.55. The SMILES string of the molecule is C=C(C)O/N=C(\C)C=O. The average Bonchev–Trinajstić information content (AvgIpc) is 1.83. The summed E-state index contributed by atoms with van der Waals surface area (Å²) in [6.45, 7) is 6.62. The molecule has 0 fully saturated rings. The predicted octanol–water partition coefficient (Wildman–Crippen LogP) is 1.11. The highest BCUT2D eigenvalue weighted by atomic mass is 16.6. The van der Waals surface area contributed by atoms with Gasteiger partial charge >= 0.3 is 0 Å². The van der Waals surface area contributed by atoms with Gasteiger partial charge in [0.1, 0.15) is 11.5 Å². The number of carbonyl (C=O) groups is 1. The Balaban J connectivity index is 3.69. The van der Waals surface area contributed by atoms with Gasteiger partial charge in [-0.15, -0.1) is 0 Å². The van der Waals surface area contributed by atoms with Crippen LogP contribution in [0.4, 0.5) is 0 Å². The van der Waals surface area contributed by atoms with Gasteiger partial charge in [-0.25, -0.2) is 0 Å². The first-order valence-electron chi connectivity index (χ1n) is 2.49. The normalized spacial score (nSPS) is 10.7. The van der Waals surface area contributed by atoms with Gasteiger partial charge in [0.25, 0.3) is 0 Å². The van der Waals surface area contributed by atoms with Crippen molar-refractivity contribution >= 4 is 12.0 Å². The monoisotopic (exact) mass is 127 g/mol. The summed E-state index contributed by atoms with van der Waals surface area (Å²) in [4.78, 5) is 14.4. The van der Waals surface area contributed by atoms with Crippen molar-refractivity contribution in [2.24, 2.45) is 5.16 Å². The molecule has 0 bridgehead atoms. The molecule has 0 rings (SSSR count). The van der Waals surface area contributed by atoms with E-state index in [4.69, 9.17) is 0 Å². The lowest BCUT2D eigenvalue weighted by atomic mass is 10.5. The summed E-state index contributed by atoms with van der Waals surface area (Å²) in [5.74, 6) is 0.469. The topological polar surface area (TPSA) is 38.7 Å². The maximum atomic E-state index is 9.88.